The maximum Gasteiger partial charge on any atom is 0.191 e. The maximum absolute atomic E-state index is 14.0. The Balaban J connectivity index is 2.40. The zero-order valence-electron chi connectivity index (χ0n) is 10.6. The lowest BCUT2D eigenvalue weighted by atomic mass is 9.88. The number of nitrogens with one attached hydrogen (secondary N) is 1. The molecule has 0 aliphatic rings. The maximum atomic E-state index is 14.0. The summed E-state index contributed by atoms with van der Waals surface area (Å²) in [5, 5.41) is 13.5. The van der Waals surface area contributed by atoms with Crippen LogP contribution in [0.2, 0.25) is 0 Å². The highest BCUT2D eigenvalue weighted by atomic mass is 19.1. The van der Waals surface area contributed by atoms with E-state index in [0.717, 1.165) is 11.1 Å². The van der Waals surface area contributed by atoms with Crippen molar-refractivity contribution in [2.45, 2.75) is 32.7 Å². The Hall–Kier alpha value is -1.82. The number of aromatic nitrogens is 4. The molecule has 0 aliphatic heterocycles. The molecule has 2 atom stereocenters. The molecule has 96 valence electrons. The Morgan fingerprint density at radius 1 is 1.33 bits per heavy atom. The molecule has 2 aromatic rings. The lowest BCUT2D eigenvalue weighted by molar-refractivity contribution is 0.522. The first kappa shape index (κ1) is 12.6. The monoisotopic (exact) mass is 249 g/mol. The first-order chi connectivity index (χ1) is 8.52. The molecule has 3 N–H and O–H groups in total. The van der Waals surface area contributed by atoms with Crippen LogP contribution in [0.25, 0.3) is 0 Å². The summed E-state index contributed by atoms with van der Waals surface area (Å²) in [6.07, 6.45) is 0. The van der Waals surface area contributed by atoms with E-state index in [1.54, 1.807) is 6.07 Å². The van der Waals surface area contributed by atoms with Gasteiger partial charge in [0.1, 0.15) is 5.82 Å². The van der Waals surface area contributed by atoms with Gasteiger partial charge in [0.2, 0.25) is 0 Å². The zero-order valence-corrected chi connectivity index (χ0v) is 10.6. The molecule has 0 aliphatic carbocycles. The second-order valence-corrected chi connectivity index (χ2v) is 4.49. The number of hydrogen-bond donors (Lipinski definition) is 2. The minimum atomic E-state index is -0.487. The van der Waals surface area contributed by atoms with Crippen molar-refractivity contribution in [2.24, 2.45) is 5.73 Å². The Kier molecular flexibility index (Phi) is 3.38. The smallest absolute Gasteiger partial charge is 0.191 e. The van der Waals surface area contributed by atoms with Crippen molar-refractivity contribution in [3.63, 3.8) is 0 Å². The average molecular weight is 249 g/mol. The highest BCUT2D eigenvalue weighted by molar-refractivity contribution is 5.37. The fraction of sp³-hybridized carbons (Fsp3) is 0.417. The second-order valence-electron chi connectivity index (χ2n) is 4.49. The van der Waals surface area contributed by atoms with Crippen LogP contribution in [0.4, 0.5) is 4.39 Å². The summed E-state index contributed by atoms with van der Waals surface area (Å²) in [5.41, 5.74) is 8.63. The molecule has 1 heterocycles. The van der Waals surface area contributed by atoms with Crippen LogP contribution in [0.1, 0.15) is 41.4 Å². The molecular formula is C12H16FN5. The van der Waals surface area contributed by atoms with Gasteiger partial charge in [0.25, 0.3) is 0 Å². The first-order valence-electron chi connectivity index (χ1n) is 5.77. The lowest BCUT2D eigenvalue weighted by Crippen LogP contribution is -2.21. The number of benzene rings is 1. The van der Waals surface area contributed by atoms with E-state index < -0.39 is 6.04 Å². The van der Waals surface area contributed by atoms with Gasteiger partial charge in [0.05, 0.1) is 6.04 Å². The van der Waals surface area contributed by atoms with Crippen molar-refractivity contribution in [3.05, 3.63) is 40.5 Å². The van der Waals surface area contributed by atoms with Gasteiger partial charge in [0, 0.05) is 5.92 Å². The summed E-state index contributed by atoms with van der Waals surface area (Å²) in [4.78, 5) is 0. The molecule has 0 bridgehead atoms. The standard InChI is InChI=1S/C12H16FN5/c1-6-4-5-9(13)10(7(6)2)8(3)11(14)12-15-17-18-16-12/h4-5,8,11H,14H2,1-3H3,(H,15,16,17,18)/t8-,11+/m1/s1. The molecule has 0 saturated carbocycles. The zero-order chi connectivity index (χ0) is 13.3. The molecule has 0 radical (unpaired) electrons. The molecule has 2 rings (SSSR count). The van der Waals surface area contributed by atoms with Crippen LogP contribution in [0.3, 0.4) is 0 Å². The van der Waals surface area contributed by atoms with Gasteiger partial charge in [-0.2, -0.15) is 5.21 Å². The van der Waals surface area contributed by atoms with E-state index in [0.29, 0.717) is 11.4 Å². The predicted octanol–water partition coefficient (Wildman–Crippen LogP) is 1.76. The molecule has 0 saturated heterocycles. The Labute approximate surface area is 105 Å². The molecular weight excluding hydrogens is 233 g/mol. The first-order valence-corrected chi connectivity index (χ1v) is 5.77. The molecule has 0 unspecified atom stereocenters. The van der Waals surface area contributed by atoms with Gasteiger partial charge in [-0.05, 0) is 36.6 Å². The van der Waals surface area contributed by atoms with E-state index in [4.69, 9.17) is 5.73 Å². The van der Waals surface area contributed by atoms with Crippen molar-refractivity contribution in [1.29, 1.82) is 0 Å². The summed E-state index contributed by atoms with van der Waals surface area (Å²) < 4.78 is 14.0. The minimum Gasteiger partial charge on any atom is -0.321 e. The van der Waals surface area contributed by atoms with Gasteiger partial charge >= 0.3 is 0 Å². The summed E-state index contributed by atoms with van der Waals surface area (Å²) in [6, 6.07) is 2.75. The number of H-pyrrole nitrogens is 1. The Morgan fingerprint density at radius 3 is 2.67 bits per heavy atom. The van der Waals surface area contributed by atoms with E-state index >= 15 is 0 Å². The van der Waals surface area contributed by atoms with Crippen LogP contribution in [0.15, 0.2) is 12.1 Å². The number of rotatable bonds is 3. The van der Waals surface area contributed by atoms with Gasteiger partial charge in [-0.15, -0.1) is 10.2 Å². The van der Waals surface area contributed by atoms with Crippen LogP contribution >= 0.6 is 0 Å². The highest BCUT2D eigenvalue weighted by Crippen LogP contribution is 2.32. The molecule has 1 aromatic heterocycles. The quantitative estimate of drug-likeness (QED) is 0.868. The van der Waals surface area contributed by atoms with Crippen LogP contribution in [0.5, 0.6) is 0 Å². The SMILES string of the molecule is Cc1ccc(F)c([C@@H](C)[C@H](N)c2nn[nH]n2)c1C. The third kappa shape index (κ3) is 2.11. The van der Waals surface area contributed by atoms with Crippen molar-refractivity contribution in [3.8, 4) is 0 Å². The highest BCUT2D eigenvalue weighted by Gasteiger charge is 2.24. The molecule has 0 amide bonds. The minimum absolute atomic E-state index is 0.220. The largest absolute Gasteiger partial charge is 0.321 e. The summed E-state index contributed by atoms with van der Waals surface area (Å²) in [5.74, 6) is -0.0742. The second kappa shape index (κ2) is 4.81. The van der Waals surface area contributed by atoms with E-state index in [-0.39, 0.29) is 11.7 Å². The number of tetrazole rings is 1. The van der Waals surface area contributed by atoms with Crippen LogP contribution in [-0.4, -0.2) is 20.6 Å². The van der Waals surface area contributed by atoms with Crippen LogP contribution in [0, 0.1) is 19.7 Å². The van der Waals surface area contributed by atoms with E-state index in [1.807, 2.05) is 20.8 Å². The number of aryl methyl sites for hydroxylation is 1. The van der Waals surface area contributed by atoms with E-state index in [9.17, 15) is 4.39 Å². The Morgan fingerprint density at radius 2 is 2.06 bits per heavy atom. The van der Waals surface area contributed by atoms with E-state index in [1.165, 1.54) is 6.07 Å². The van der Waals surface area contributed by atoms with Crippen molar-refractivity contribution < 1.29 is 4.39 Å². The Bertz CT molecular complexity index is 538. The van der Waals surface area contributed by atoms with Crippen LogP contribution < -0.4 is 5.73 Å². The van der Waals surface area contributed by atoms with Crippen molar-refractivity contribution >= 4 is 0 Å². The fourth-order valence-electron chi connectivity index (χ4n) is 2.08. The number of halogens is 1. The molecule has 0 spiro atoms. The average Bonchev–Trinajstić information content (AvgIpc) is 2.87. The molecule has 6 heteroatoms. The van der Waals surface area contributed by atoms with Gasteiger partial charge in [-0.3, -0.25) is 0 Å². The summed E-state index contributed by atoms with van der Waals surface area (Å²) >= 11 is 0. The molecule has 5 nitrogen and oxygen atoms in total. The predicted molar refractivity (Wildman–Crippen MR) is 65.4 cm³/mol. The number of nitrogens with two attached hydrogens (primary N) is 1. The van der Waals surface area contributed by atoms with Gasteiger partial charge in [0.15, 0.2) is 5.82 Å². The number of hydrogen-bond acceptors (Lipinski definition) is 4. The number of nitrogens with zero attached hydrogens (tertiary/aromatic N) is 3. The van der Waals surface area contributed by atoms with Gasteiger partial charge < -0.3 is 5.73 Å². The van der Waals surface area contributed by atoms with Crippen molar-refractivity contribution in [1.82, 2.24) is 20.6 Å². The normalized spacial score (nSPS) is 14.5. The fourth-order valence-corrected chi connectivity index (χ4v) is 2.08. The summed E-state index contributed by atoms with van der Waals surface area (Å²) in [6.45, 7) is 5.71. The lowest BCUT2D eigenvalue weighted by Gasteiger charge is -2.21. The number of aromatic amines is 1. The van der Waals surface area contributed by atoms with Crippen molar-refractivity contribution in [2.75, 3.05) is 0 Å². The summed E-state index contributed by atoms with van der Waals surface area (Å²) in [7, 11) is 0. The topological polar surface area (TPSA) is 80.5 Å². The van der Waals surface area contributed by atoms with Crippen LogP contribution in [-0.2, 0) is 0 Å². The third-order valence-electron chi connectivity index (χ3n) is 3.39. The van der Waals surface area contributed by atoms with Gasteiger partial charge in [-0.1, -0.05) is 18.2 Å². The van der Waals surface area contributed by atoms with Gasteiger partial charge in [-0.25, -0.2) is 4.39 Å². The molecule has 1 aromatic carbocycles. The molecule has 18 heavy (non-hydrogen) atoms. The molecule has 0 fully saturated rings. The third-order valence-corrected chi connectivity index (χ3v) is 3.39. The van der Waals surface area contributed by atoms with E-state index in [2.05, 4.69) is 20.6 Å².